The highest BCUT2D eigenvalue weighted by atomic mass is 32.1. The lowest BCUT2D eigenvalue weighted by molar-refractivity contribution is 0.0266. The number of ether oxygens (including phenoxy) is 1. The van der Waals surface area contributed by atoms with Crippen molar-refractivity contribution in [3.05, 3.63) is 45.8 Å². The molecule has 0 bridgehead atoms. The smallest absolute Gasteiger partial charge is 0.339 e. The SMILES string of the molecule is COC1CC(N(C)c2ccc(C(=O)Nc3sc4c(c3C(=O)O)CC(C)(C)CC4(C)C)cc2)C1. The third-order valence-corrected chi connectivity index (χ3v) is 8.64. The Morgan fingerprint density at radius 2 is 1.79 bits per heavy atom. The van der Waals surface area contributed by atoms with Gasteiger partial charge in [0.25, 0.3) is 5.91 Å². The van der Waals surface area contributed by atoms with E-state index in [2.05, 4.69) is 45.0 Å². The fourth-order valence-corrected chi connectivity index (χ4v) is 6.90. The van der Waals surface area contributed by atoms with Crippen molar-refractivity contribution in [2.45, 2.75) is 70.9 Å². The van der Waals surface area contributed by atoms with Gasteiger partial charge in [-0.1, -0.05) is 27.7 Å². The third kappa shape index (κ3) is 4.53. The van der Waals surface area contributed by atoms with Gasteiger partial charge in [-0.05, 0) is 66.3 Å². The molecule has 2 aliphatic rings. The molecule has 0 aliphatic heterocycles. The van der Waals surface area contributed by atoms with Crippen LogP contribution in [0.15, 0.2) is 24.3 Å². The molecule has 1 aromatic heterocycles. The van der Waals surface area contributed by atoms with Crippen LogP contribution < -0.4 is 10.2 Å². The molecule has 2 N–H and O–H groups in total. The van der Waals surface area contributed by atoms with E-state index >= 15 is 0 Å². The van der Waals surface area contributed by atoms with E-state index in [-0.39, 0.29) is 22.3 Å². The van der Waals surface area contributed by atoms with Gasteiger partial charge in [0.05, 0.1) is 11.7 Å². The van der Waals surface area contributed by atoms with Gasteiger partial charge in [0, 0.05) is 36.3 Å². The van der Waals surface area contributed by atoms with Gasteiger partial charge in [-0.3, -0.25) is 4.79 Å². The first-order valence-corrected chi connectivity index (χ1v) is 12.3. The molecule has 178 valence electrons. The van der Waals surface area contributed by atoms with Crippen LogP contribution in [0.25, 0.3) is 0 Å². The van der Waals surface area contributed by atoms with Gasteiger partial charge in [0.1, 0.15) is 5.00 Å². The maximum absolute atomic E-state index is 13.0. The number of nitrogens with zero attached hydrogens (tertiary/aromatic N) is 1. The van der Waals surface area contributed by atoms with Crippen LogP contribution in [-0.4, -0.2) is 43.3 Å². The number of nitrogens with one attached hydrogen (secondary N) is 1. The number of aromatic carboxylic acids is 1. The molecule has 1 saturated carbocycles. The molecular weight excluding hydrogens is 436 g/mol. The summed E-state index contributed by atoms with van der Waals surface area (Å²) in [5, 5.41) is 13.3. The van der Waals surface area contributed by atoms with E-state index in [0.29, 0.717) is 29.1 Å². The zero-order valence-electron chi connectivity index (χ0n) is 20.3. The summed E-state index contributed by atoms with van der Waals surface area (Å²) in [5.74, 6) is -1.27. The number of amides is 1. The van der Waals surface area contributed by atoms with Crippen molar-refractivity contribution in [1.29, 1.82) is 0 Å². The first-order chi connectivity index (χ1) is 15.4. The molecule has 2 aromatic rings. The predicted octanol–water partition coefficient (Wildman–Crippen LogP) is 5.56. The fraction of sp³-hybridized carbons (Fsp3) is 0.538. The molecule has 1 amide bonds. The van der Waals surface area contributed by atoms with Crippen LogP contribution >= 0.6 is 11.3 Å². The van der Waals surface area contributed by atoms with Crippen molar-refractivity contribution in [2.75, 3.05) is 24.4 Å². The van der Waals surface area contributed by atoms with Crippen LogP contribution in [0, 0.1) is 5.41 Å². The fourth-order valence-electron chi connectivity index (χ4n) is 5.59. The average molecular weight is 471 g/mol. The number of fused-ring (bicyclic) bond motifs is 1. The van der Waals surface area contributed by atoms with E-state index in [4.69, 9.17) is 4.74 Å². The number of methoxy groups -OCH3 is 1. The summed E-state index contributed by atoms with van der Waals surface area (Å²) in [6.07, 6.45) is 4.01. The van der Waals surface area contributed by atoms with Gasteiger partial charge in [-0.15, -0.1) is 11.3 Å². The van der Waals surface area contributed by atoms with Crippen LogP contribution in [0.5, 0.6) is 0 Å². The average Bonchev–Trinajstić information content (AvgIpc) is 3.04. The molecule has 1 aromatic carbocycles. The molecule has 0 unspecified atom stereocenters. The number of hydrogen-bond acceptors (Lipinski definition) is 5. The number of hydrogen-bond donors (Lipinski definition) is 2. The van der Waals surface area contributed by atoms with E-state index in [1.54, 1.807) is 19.2 Å². The van der Waals surface area contributed by atoms with Crippen molar-refractivity contribution in [3.63, 3.8) is 0 Å². The second-order valence-electron chi connectivity index (χ2n) is 10.9. The largest absolute Gasteiger partial charge is 0.478 e. The summed E-state index contributed by atoms with van der Waals surface area (Å²) in [6, 6.07) is 7.93. The minimum Gasteiger partial charge on any atom is -0.478 e. The van der Waals surface area contributed by atoms with Crippen molar-refractivity contribution < 1.29 is 19.4 Å². The summed E-state index contributed by atoms with van der Waals surface area (Å²) in [7, 11) is 3.81. The van der Waals surface area contributed by atoms with E-state index < -0.39 is 5.97 Å². The lowest BCUT2D eigenvalue weighted by Gasteiger charge is -2.41. The Bertz CT molecular complexity index is 1060. The third-order valence-electron chi connectivity index (χ3n) is 7.13. The Kier molecular flexibility index (Phi) is 6.08. The van der Waals surface area contributed by atoms with Gasteiger partial charge in [-0.2, -0.15) is 0 Å². The van der Waals surface area contributed by atoms with E-state index in [0.717, 1.165) is 35.4 Å². The number of carbonyl (C=O) groups excluding carboxylic acids is 1. The van der Waals surface area contributed by atoms with E-state index in [1.165, 1.54) is 11.3 Å². The number of rotatable bonds is 6. The molecular formula is C26H34N2O4S. The Balaban J connectivity index is 1.54. The quantitative estimate of drug-likeness (QED) is 0.578. The van der Waals surface area contributed by atoms with E-state index in [9.17, 15) is 14.7 Å². The topological polar surface area (TPSA) is 78.9 Å². The molecule has 0 spiro atoms. The van der Waals surface area contributed by atoms with Crippen LogP contribution in [0.2, 0.25) is 0 Å². The molecule has 0 atom stereocenters. The number of anilines is 2. The zero-order chi connectivity index (χ0) is 24.1. The first-order valence-electron chi connectivity index (χ1n) is 11.5. The number of benzene rings is 1. The summed E-state index contributed by atoms with van der Waals surface area (Å²) >= 11 is 1.41. The Labute approximate surface area is 199 Å². The van der Waals surface area contributed by atoms with Gasteiger partial charge in [-0.25, -0.2) is 4.79 Å². The summed E-state index contributed by atoms with van der Waals surface area (Å²) in [6.45, 7) is 8.67. The highest BCUT2D eigenvalue weighted by Crippen LogP contribution is 2.52. The van der Waals surface area contributed by atoms with Crippen molar-refractivity contribution in [2.24, 2.45) is 5.41 Å². The molecule has 33 heavy (non-hydrogen) atoms. The van der Waals surface area contributed by atoms with Crippen LogP contribution in [0.4, 0.5) is 10.7 Å². The molecule has 1 heterocycles. The van der Waals surface area contributed by atoms with Gasteiger partial charge < -0.3 is 20.1 Å². The summed E-state index contributed by atoms with van der Waals surface area (Å²) in [4.78, 5) is 28.5. The minimum atomic E-state index is -0.983. The normalized spacial score (nSPS) is 22.7. The molecule has 4 rings (SSSR count). The monoisotopic (exact) mass is 470 g/mol. The van der Waals surface area contributed by atoms with Gasteiger partial charge in [0.2, 0.25) is 0 Å². The van der Waals surface area contributed by atoms with Gasteiger partial charge in [0.15, 0.2) is 0 Å². The first kappa shape index (κ1) is 23.8. The second kappa shape index (κ2) is 8.44. The Hall–Kier alpha value is -2.38. The van der Waals surface area contributed by atoms with Crippen molar-refractivity contribution in [3.8, 4) is 0 Å². The highest BCUT2D eigenvalue weighted by Gasteiger charge is 2.42. The molecule has 0 radical (unpaired) electrons. The number of carbonyl (C=O) groups is 2. The van der Waals surface area contributed by atoms with Crippen molar-refractivity contribution >= 4 is 33.9 Å². The van der Waals surface area contributed by atoms with Crippen LogP contribution in [-0.2, 0) is 16.6 Å². The highest BCUT2D eigenvalue weighted by molar-refractivity contribution is 7.17. The summed E-state index contributed by atoms with van der Waals surface area (Å²) < 4.78 is 5.37. The summed E-state index contributed by atoms with van der Waals surface area (Å²) in [5.41, 5.74) is 2.55. The van der Waals surface area contributed by atoms with Crippen molar-refractivity contribution in [1.82, 2.24) is 0 Å². The number of thiophene rings is 1. The predicted molar refractivity (Wildman–Crippen MR) is 133 cm³/mol. The Morgan fingerprint density at radius 1 is 1.15 bits per heavy atom. The standard InChI is InChI=1S/C26H34N2O4S/c1-25(2)13-19-20(24(30)31)23(33-21(19)26(3,4)14-25)27-22(29)15-7-9-16(10-8-15)28(5)17-11-18(12-17)32-6/h7-10,17-18H,11-14H2,1-6H3,(H,27,29)(H,30,31). The minimum absolute atomic E-state index is 0.00855. The van der Waals surface area contributed by atoms with Crippen LogP contribution in [0.3, 0.4) is 0 Å². The lowest BCUT2D eigenvalue weighted by Crippen LogP contribution is -2.46. The zero-order valence-corrected chi connectivity index (χ0v) is 21.1. The maximum atomic E-state index is 13.0. The molecule has 1 fully saturated rings. The van der Waals surface area contributed by atoms with Crippen LogP contribution in [0.1, 0.15) is 78.1 Å². The maximum Gasteiger partial charge on any atom is 0.339 e. The number of carboxylic acids is 1. The molecule has 7 heteroatoms. The Morgan fingerprint density at radius 3 is 2.36 bits per heavy atom. The van der Waals surface area contributed by atoms with Gasteiger partial charge >= 0.3 is 5.97 Å². The lowest BCUT2D eigenvalue weighted by atomic mass is 9.65. The second-order valence-corrected chi connectivity index (χ2v) is 11.9. The van der Waals surface area contributed by atoms with E-state index in [1.807, 2.05) is 12.1 Å². The molecule has 0 saturated heterocycles. The molecule has 6 nitrogen and oxygen atoms in total. The number of carboxylic acid groups (broad SMARTS) is 1. The molecule has 2 aliphatic carbocycles.